The third-order valence-electron chi connectivity index (χ3n) is 5.86. The van der Waals surface area contributed by atoms with Gasteiger partial charge in [-0.2, -0.15) is 9.29 Å². The minimum Gasteiger partial charge on any atom is -0.408 e. The van der Waals surface area contributed by atoms with Gasteiger partial charge in [0.25, 0.3) is 0 Å². The first-order chi connectivity index (χ1) is 15.0. The van der Waals surface area contributed by atoms with E-state index in [0.29, 0.717) is 37.3 Å². The van der Waals surface area contributed by atoms with Crippen LogP contribution in [0.2, 0.25) is 0 Å². The number of anilines is 2. The average molecular weight is 445 g/mol. The van der Waals surface area contributed by atoms with E-state index in [2.05, 4.69) is 19.8 Å². The van der Waals surface area contributed by atoms with E-state index in [1.165, 1.54) is 28.9 Å². The van der Waals surface area contributed by atoms with Gasteiger partial charge in [0.05, 0.1) is 10.4 Å². The highest BCUT2D eigenvalue weighted by atomic mass is 32.2. The number of benzene rings is 1. The number of aromatic nitrogens is 3. The monoisotopic (exact) mass is 444 g/mol. The van der Waals surface area contributed by atoms with Crippen LogP contribution in [0.25, 0.3) is 11.1 Å². The smallest absolute Gasteiger partial charge is 0.408 e. The highest BCUT2D eigenvalue weighted by Gasteiger charge is 2.29. The number of piperazine rings is 1. The van der Waals surface area contributed by atoms with Crippen molar-refractivity contribution in [2.24, 2.45) is 0 Å². The van der Waals surface area contributed by atoms with Crippen molar-refractivity contribution < 1.29 is 12.8 Å². The fourth-order valence-corrected chi connectivity index (χ4v) is 5.61. The summed E-state index contributed by atoms with van der Waals surface area (Å²) >= 11 is 0. The molecular formula is C20H24N6O4S. The molecule has 3 aromatic rings. The van der Waals surface area contributed by atoms with Crippen LogP contribution in [0.15, 0.2) is 44.6 Å². The number of nitrogens with one attached hydrogen (secondary N) is 1. The molecule has 0 amide bonds. The average Bonchev–Trinajstić information content (AvgIpc) is 3.19. The first-order valence-electron chi connectivity index (χ1n) is 10.5. The zero-order valence-electron chi connectivity index (χ0n) is 17.0. The van der Waals surface area contributed by atoms with Gasteiger partial charge in [0.15, 0.2) is 5.58 Å². The van der Waals surface area contributed by atoms with Crippen LogP contribution < -0.4 is 15.6 Å². The molecule has 0 atom stereocenters. The van der Waals surface area contributed by atoms with Gasteiger partial charge in [-0.05, 0) is 43.5 Å². The van der Waals surface area contributed by atoms with Gasteiger partial charge in [-0.1, -0.05) is 0 Å². The molecule has 0 aliphatic carbocycles. The molecular weight excluding hydrogens is 420 g/mol. The lowest BCUT2D eigenvalue weighted by Gasteiger charge is -2.35. The van der Waals surface area contributed by atoms with Crippen LogP contribution in [0.1, 0.15) is 19.3 Å². The van der Waals surface area contributed by atoms with E-state index in [1.807, 2.05) is 6.07 Å². The lowest BCUT2D eigenvalue weighted by atomic mass is 10.1. The molecule has 164 valence electrons. The first kappa shape index (κ1) is 20.0. The number of rotatable bonds is 4. The van der Waals surface area contributed by atoms with E-state index in [9.17, 15) is 13.2 Å². The third-order valence-corrected chi connectivity index (χ3v) is 7.75. The number of fused-ring (bicyclic) bond motifs is 1. The summed E-state index contributed by atoms with van der Waals surface area (Å²) in [5.41, 5.74) is 0.706. The normalized spacial score (nSPS) is 18.6. The Morgan fingerprint density at radius 1 is 0.935 bits per heavy atom. The molecule has 4 heterocycles. The summed E-state index contributed by atoms with van der Waals surface area (Å²) in [6, 6.07) is 6.29. The zero-order chi connectivity index (χ0) is 21.4. The Labute approximate surface area is 179 Å². The van der Waals surface area contributed by atoms with Gasteiger partial charge in [0, 0.05) is 45.5 Å². The molecule has 31 heavy (non-hydrogen) atoms. The van der Waals surface area contributed by atoms with E-state index in [0.717, 1.165) is 37.7 Å². The molecule has 0 saturated carbocycles. The Kier molecular flexibility index (Phi) is 5.14. The van der Waals surface area contributed by atoms with Crippen LogP contribution in [-0.4, -0.2) is 66.9 Å². The summed E-state index contributed by atoms with van der Waals surface area (Å²) in [5, 5.41) is 0. The minimum atomic E-state index is -3.67. The number of sulfonamides is 1. The van der Waals surface area contributed by atoms with Gasteiger partial charge < -0.3 is 14.2 Å². The number of aromatic amines is 1. The van der Waals surface area contributed by atoms with E-state index >= 15 is 0 Å². The number of nitrogens with zero attached hydrogens (tertiary/aromatic N) is 5. The Bertz CT molecular complexity index is 1240. The lowest BCUT2D eigenvalue weighted by Crippen LogP contribution is -2.49. The van der Waals surface area contributed by atoms with E-state index in [4.69, 9.17) is 9.40 Å². The molecule has 2 aliphatic rings. The Balaban J connectivity index is 1.30. The molecule has 1 aromatic carbocycles. The van der Waals surface area contributed by atoms with Crippen LogP contribution in [0, 0.1) is 0 Å². The predicted octanol–water partition coefficient (Wildman–Crippen LogP) is 1.41. The summed E-state index contributed by atoms with van der Waals surface area (Å²) in [4.78, 5) is 27.5. The Hall–Kier alpha value is -2.92. The molecule has 0 unspecified atom stereocenters. The number of hydrogen-bond donors (Lipinski definition) is 1. The highest BCUT2D eigenvalue weighted by molar-refractivity contribution is 7.89. The van der Waals surface area contributed by atoms with Crippen LogP contribution in [-0.2, 0) is 10.0 Å². The molecule has 2 saturated heterocycles. The fourth-order valence-electron chi connectivity index (χ4n) is 4.16. The molecule has 2 aromatic heterocycles. The molecule has 0 spiro atoms. The maximum atomic E-state index is 13.1. The van der Waals surface area contributed by atoms with Gasteiger partial charge in [0.2, 0.25) is 16.0 Å². The van der Waals surface area contributed by atoms with Crippen LogP contribution >= 0.6 is 0 Å². The summed E-state index contributed by atoms with van der Waals surface area (Å²) in [6.45, 7) is 3.74. The van der Waals surface area contributed by atoms with Gasteiger partial charge >= 0.3 is 5.76 Å². The highest BCUT2D eigenvalue weighted by Crippen LogP contribution is 2.24. The van der Waals surface area contributed by atoms with Crippen molar-refractivity contribution in [3.8, 4) is 0 Å². The van der Waals surface area contributed by atoms with Crippen molar-refractivity contribution in [1.29, 1.82) is 0 Å². The van der Waals surface area contributed by atoms with Gasteiger partial charge in [-0.3, -0.25) is 4.98 Å². The Morgan fingerprint density at radius 2 is 1.71 bits per heavy atom. The maximum absolute atomic E-state index is 13.1. The lowest BCUT2D eigenvalue weighted by molar-refractivity contribution is 0.383. The second kappa shape index (κ2) is 7.97. The number of oxazole rings is 1. The third kappa shape index (κ3) is 3.90. The van der Waals surface area contributed by atoms with Crippen molar-refractivity contribution in [2.45, 2.75) is 24.2 Å². The van der Waals surface area contributed by atoms with E-state index in [-0.39, 0.29) is 4.90 Å². The quantitative estimate of drug-likeness (QED) is 0.642. The van der Waals surface area contributed by atoms with Crippen LogP contribution in [0.3, 0.4) is 0 Å². The summed E-state index contributed by atoms with van der Waals surface area (Å²) < 4.78 is 32.6. The van der Waals surface area contributed by atoms with Crippen molar-refractivity contribution in [2.75, 3.05) is 49.1 Å². The zero-order valence-corrected chi connectivity index (χ0v) is 17.8. The summed E-state index contributed by atoms with van der Waals surface area (Å²) in [6.07, 6.45) is 5.33. The van der Waals surface area contributed by atoms with Crippen molar-refractivity contribution >= 4 is 32.9 Å². The SMILES string of the molecule is O=c1[nH]c2cc(S(=O)(=O)N3CCN(c4ccnc(N5CCCCC5)n4)CC3)ccc2o1. The fraction of sp³-hybridized carbons (Fsp3) is 0.450. The summed E-state index contributed by atoms with van der Waals surface area (Å²) in [5.74, 6) is 0.964. The largest absolute Gasteiger partial charge is 0.417 e. The molecule has 1 N–H and O–H groups in total. The molecule has 2 aliphatic heterocycles. The van der Waals surface area contributed by atoms with Crippen molar-refractivity contribution in [1.82, 2.24) is 19.3 Å². The number of H-pyrrole nitrogens is 1. The standard InChI is InChI=1S/C20H24N6O4S/c27-20-22-16-14-15(4-5-17(16)30-20)31(28,29)26-12-10-24(11-13-26)18-6-7-21-19(23-18)25-8-2-1-3-9-25/h4-7,14H,1-3,8-13H2,(H,22,27). The van der Waals surface area contributed by atoms with Crippen molar-refractivity contribution in [3.05, 3.63) is 41.0 Å². The van der Waals surface area contributed by atoms with Gasteiger partial charge in [0.1, 0.15) is 5.82 Å². The maximum Gasteiger partial charge on any atom is 0.417 e. The van der Waals surface area contributed by atoms with Crippen molar-refractivity contribution in [3.63, 3.8) is 0 Å². The topological polar surface area (TPSA) is 116 Å². The minimum absolute atomic E-state index is 0.139. The Morgan fingerprint density at radius 3 is 2.48 bits per heavy atom. The van der Waals surface area contributed by atoms with Crippen LogP contribution in [0.4, 0.5) is 11.8 Å². The van der Waals surface area contributed by atoms with Crippen LogP contribution in [0.5, 0.6) is 0 Å². The molecule has 0 radical (unpaired) electrons. The van der Waals surface area contributed by atoms with E-state index in [1.54, 1.807) is 6.20 Å². The molecule has 11 heteroatoms. The van der Waals surface area contributed by atoms with E-state index < -0.39 is 15.8 Å². The second-order valence-corrected chi connectivity index (χ2v) is 9.76. The molecule has 5 rings (SSSR count). The predicted molar refractivity (Wildman–Crippen MR) is 116 cm³/mol. The molecule has 0 bridgehead atoms. The van der Waals surface area contributed by atoms with Gasteiger partial charge in [-0.15, -0.1) is 0 Å². The molecule has 2 fully saturated rings. The molecule has 10 nitrogen and oxygen atoms in total. The number of piperidine rings is 1. The second-order valence-electron chi connectivity index (χ2n) is 7.83. The summed E-state index contributed by atoms with van der Waals surface area (Å²) in [7, 11) is -3.67. The number of hydrogen-bond acceptors (Lipinski definition) is 8. The van der Waals surface area contributed by atoms with Gasteiger partial charge in [-0.25, -0.2) is 18.2 Å². The first-order valence-corrected chi connectivity index (χ1v) is 11.9.